The SMILES string of the molecule is CC(O)c1cc(F)ccc1N1CCC(CO)C1. The quantitative estimate of drug-likeness (QED) is 0.843. The molecule has 0 spiro atoms. The van der Waals surface area contributed by atoms with Crippen LogP contribution in [0.2, 0.25) is 0 Å². The molecule has 1 aromatic rings. The van der Waals surface area contributed by atoms with E-state index < -0.39 is 6.10 Å². The fourth-order valence-corrected chi connectivity index (χ4v) is 2.35. The number of anilines is 1. The Labute approximate surface area is 100 Å². The topological polar surface area (TPSA) is 43.7 Å². The van der Waals surface area contributed by atoms with Gasteiger partial charge in [0, 0.05) is 36.9 Å². The van der Waals surface area contributed by atoms with Gasteiger partial charge in [0.15, 0.2) is 0 Å². The molecule has 2 rings (SSSR count). The summed E-state index contributed by atoms with van der Waals surface area (Å²) in [4.78, 5) is 2.10. The molecule has 1 saturated heterocycles. The van der Waals surface area contributed by atoms with Crippen LogP contribution in [-0.4, -0.2) is 29.9 Å². The lowest BCUT2D eigenvalue weighted by Gasteiger charge is -2.23. The molecule has 4 heteroatoms. The van der Waals surface area contributed by atoms with Gasteiger partial charge in [0.05, 0.1) is 6.10 Å². The van der Waals surface area contributed by atoms with Gasteiger partial charge in [-0.15, -0.1) is 0 Å². The molecule has 2 atom stereocenters. The van der Waals surface area contributed by atoms with Gasteiger partial charge < -0.3 is 15.1 Å². The zero-order valence-corrected chi connectivity index (χ0v) is 9.93. The molecular formula is C13H18FNO2. The first-order chi connectivity index (χ1) is 8.11. The summed E-state index contributed by atoms with van der Waals surface area (Å²) in [5.41, 5.74) is 1.49. The summed E-state index contributed by atoms with van der Waals surface area (Å²) in [6.45, 7) is 3.43. The molecule has 0 amide bonds. The Morgan fingerprint density at radius 1 is 1.53 bits per heavy atom. The van der Waals surface area contributed by atoms with Crippen molar-refractivity contribution in [3.8, 4) is 0 Å². The molecule has 0 saturated carbocycles. The molecule has 0 aliphatic carbocycles. The fraction of sp³-hybridized carbons (Fsp3) is 0.538. The highest BCUT2D eigenvalue weighted by Gasteiger charge is 2.24. The van der Waals surface area contributed by atoms with Crippen molar-refractivity contribution in [1.82, 2.24) is 0 Å². The van der Waals surface area contributed by atoms with Gasteiger partial charge in [-0.05, 0) is 31.5 Å². The Balaban J connectivity index is 2.26. The summed E-state index contributed by atoms with van der Waals surface area (Å²) in [6, 6.07) is 4.50. The standard InChI is InChI=1S/C13H18FNO2/c1-9(17)12-6-11(14)2-3-13(12)15-5-4-10(7-15)8-16/h2-3,6,9-10,16-17H,4-5,7-8H2,1H3. The largest absolute Gasteiger partial charge is 0.396 e. The predicted octanol–water partition coefficient (Wildman–Crippen LogP) is 1.70. The fourth-order valence-electron chi connectivity index (χ4n) is 2.35. The third-order valence-electron chi connectivity index (χ3n) is 3.32. The molecule has 2 N–H and O–H groups in total. The van der Waals surface area contributed by atoms with Crippen LogP contribution < -0.4 is 4.90 Å². The van der Waals surface area contributed by atoms with Gasteiger partial charge >= 0.3 is 0 Å². The Morgan fingerprint density at radius 2 is 2.29 bits per heavy atom. The van der Waals surface area contributed by atoms with Crippen molar-refractivity contribution < 1.29 is 14.6 Å². The highest BCUT2D eigenvalue weighted by molar-refractivity contribution is 5.55. The number of hydrogen-bond acceptors (Lipinski definition) is 3. The number of nitrogens with zero attached hydrogens (tertiary/aromatic N) is 1. The third-order valence-corrected chi connectivity index (χ3v) is 3.32. The van der Waals surface area contributed by atoms with Gasteiger partial charge in [0.2, 0.25) is 0 Å². The van der Waals surface area contributed by atoms with Crippen LogP contribution in [0, 0.1) is 11.7 Å². The number of aliphatic hydroxyl groups is 2. The van der Waals surface area contributed by atoms with E-state index in [1.807, 2.05) is 0 Å². The molecule has 0 aromatic heterocycles. The van der Waals surface area contributed by atoms with Crippen molar-refractivity contribution in [1.29, 1.82) is 0 Å². The van der Waals surface area contributed by atoms with E-state index in [1.54, 1.807) is 13.0 Å². The zero-order valence-electron chi connectivity index (χ0n) is 9.93. The average Bonchev–Trinajstić information content (AvgIpc) is 2.77. The summed E-state index contributed by atoms with van der Waals surface area (Å²) in [7, 11) is 0. The second-order valence-electron chi connectivity index (χ2n) is 4.66. The number of benzene rings is 1. The molecule has 1 aromatic carbocycles. The van der Waals surface area contributed by atoms with Crippen LogP contribution in [-0.2, 0) is 0 Å². The summed E-state index contributed by atoms with van der Waals surface area (Å²) in [5.74, 6) is -0.0514. The highest BCUT2D eigenvalue weighted by atomic mass is 19.1. The molecule has 17 heavy (non-hydrogen) atoms. The van der Waals surface area contributed by atoms with E-state index in [1.165, 1.54) is 12.1 Å². The van der Waals surface area contributed by atoms with Gasteiger partial charge in [-0.3, -0.25) is 0 Å². The second-order valence-corrected chi connectivity index (χ2v) is 4.66. The molecule has 1 heterocycles. The van der Waals surface area contributed by atoms with Crippen LogP contribution in [0.5, 0.6) is 0 Å². The van der Waals surface area contributed by atoms with Crippen LogP contribution in [0.15, 0.2) is 18.2 Å². The van der Waals surface area contributed by atoms with E-state index in [9.17, 15) is 9.50 Å². The summed E-state index contributed by atoms with van der Waals surface area (Å²) in [6.07, 6.45) is 0.251. The van der Waals surface area contributed by atoms with Crippen molar-refractivity contribution in [3.05, 3.63) is 29.6 Å². The van der Waals surface area contributed by atoms with Crippen LogP contribution >= 0.6 is 0 Å². The van der Waals surface area contributed by atoms with E-state index in [0.29, 0.717) is 5.56 Å². The Bertz CT molecular complexity index is 395. The maximum Gasteiger partial charge on any atom is 0.123 e. The zero-order chi connectivity index (χ0) is 12.4. The van der Waals surface area contributed by atoms with Crippen molar-refractivity contribution in [2.75, 3.05) is 24.6 Å². The van der Waals surface area contributed by atoms with Gasteiger partial charge in [0.25, 0.3) is 0 Å². The van der Waals surface area contributed by atoms with Gasteiger partial charge in [-0.1, -0.05) is 0 Å². The molecule has 1 fully saturated rings. The van der Waals surface area contributed by atoms with Gasteiger partial charge in [0.1, 0.15) is 5.82 Å². The van der Waals surface area contributed by atoms with Crippen LogP contribution in [0.3, 0.4) is 0 Å². The number of hydrogen-bond donors (Lipinski definition) is 2. The Hall–Kier alpha value is -1.13. The lowest BCUT2D eigenvalue weighted by Crippen LogP contribution is -2.22. The maximum absolute atomic E-state index is 13.2. The van der Waals surface area contributed by atoms with Gasteiger partial charge in [-0.25, -0.2) is 4.39 Å². The third kappa shape index (κ3) is 2.58. The van der Waals surface area contributed by atoms with Crippen molar-refractivity contribution in [2.24, 2.45) is 5.92 Å². The minimum Gasteiger partial charge on any atom is -0.396 e. The van der Waals surface area contributed by atoms with Crippen molar-refractivity contribution >= 4 is 5.69 Å². The first kappa shape index (κ1) is 12.3. The van der Waals surface area contributed by atoms with E-state index in [4.69, 9.17) is 5.11 Å². The molecule has 2 unspecified atom stereocenters. The summed E-state index contributed by atoms with van der Waals surface area (Å²) >= 11 is 0. The monoisotopic (exact) mass is 239 g/mol. The normalized spacial score (nSPS) is 21.9. The first-order valence-corrected chi connectivity index (χ1v) is 5.95. The van der Waals surface area contributed by atoms with E-state index in [-0.39, 0.29) is 18.3 Å². The smallest absolute Gasteiger partial charge is 0.123 e. The number of halogens is 1. The highest BCUT2D eigenvalue weighted by Crippen LogP contribution is 2.31. The summed E-state index contributed by atoms with van der Waals surface area (Å²) < 4.78 is 13.2. The van der Waals surface area contributed by atoms with E-state index in [0.717, 1.165) is 25.2 Å². The minimum absolute atomic E-state index is 0.182. The lowest BCUT2D eigenvalue weighted by molar-refractivity contribution is 0.199. The number of aliphatic hydroxyl groups excluding tert-OH is 2. The van der Waals surface area contributed by atoms with E-state index >= 15 is 0 Å². The first-order valence-electron chi connectivity index (χ1n) is 5.95. The molecule has 1 aliphatic rings. The van der Waals surface area contributed by atoms with Gasteiger partial charge in [-0.2, -0.15) is 0 Å². The lowest BCUT2D eigenvalue weighted by atomic mass is 10.1. The van der Waals surface area contributed by atoms with Crippen LogP contribution in [0.4, 0.5) is 10.1 Å². The molecular weight excluding hydrogens is 221 g/mol. The van der Waals surface area contributed by atoms with Crippen LogP contribution in [0.25, 0.3) is 0 Å². The second kappa shape index (κ2) is 5.02. The molecule has 3 nitrogen and oxygen atoms in total. The van der Waals surface area contributed by atoms with Crippen LogP contribution in [0.1, 0.15) is 25.0 Å². The molecule has 0 bridgehead atoms. The number of rotatable bonds is 3. The Kier molecular flexibility index (Phi) is 3.64. The summed E-state index contributed by atoms with van der Waals surface area (Å²) in [5, 5.41) is 18.8. The predicted molar refractivity (Wildman–Crippen MR) is 64.4 cm³/mol. The average molecular weight is 239 g/mol. The molecule has 0 radical (unpaired) electrons. The van der Waals surface area contributed by atoms with E-state index in [2.05, 4.69) is 4.90 Å². The van der Waals surface area contributed by atoms with Crippen molar-refractivity contribution in [2.45, 2.75) is 19.4 Å². The Morgan fingerprint density at radius 3 is 2.88 bits per heavy atom. The molecule has 1 aliphatic heterocycles. The maximum atomic E-state index is 13.2. The minimum atomic E-state index is -0.686. The molecule has 94 valence electrons. The van der Waals surface area contributed by atoms with Crippen molar-refractivity contribution in [3.63, 3.8) is 0 Å².